The average Bonchev–Trinajstić information content (AvgIpc) is 3.18. The quantitative estimate of drug-likeness (QED) is 0.537. The zero-order chi connectivity index (χ0) is 18.8. The second-order valence-corrected chi connectivity index (χ2v) is 7.21. The van der Waals surface area contributed by atoms with Crippen LogP contribution in [0.15, 0.2) is 0 Å². The van der Waals surface area contributed by atoms with Crippen molar-refractivity contribution in [3.05, 3.63) is 10.0 Å². The summed E-state index contributed by atoms with van der Waals surface area (Å²) in [5.41, 5.74) is 0. The van der Waals surface area contributed by atoms with Crippen LogP contribution in [0.2, 0.25) is 0 Å². The molecule has 10 nitrogen and oxygen atoms in total. The molecule has 0 radical (unpaired) electrons. The van der Waals surface area contributed by atoms with E-state index in [-0.39, 0.29) is 11.8 Å². The van der Waals surface area contributed by atoms with Crippen molar-refractivity contribution in [1.29, 1.82) is 0 Å². The zero-order valence-electron chi connectivity index (χ0n) is 14.5. The second-order valence-electron chi connectivity index (χ2n) is 5.09. The lowest BCUT2D eigenvalue weighted by atomic mass is 10.5. The zero-order valence-corrected chi connectivity index (χ0v) is 16.1. The van der Waals surface area contributed by atoms with E-state index in [2.05, 4.69) is 31.0 Å². The molecule has 2 N–H and O–H groups in total. The van der Waals surface area contributed by atoms with E-state index < -0.39 is 0 Å². The Labute approximate surface area is 158 Å². The summed E-state index contributed by atoms with van der Waals surface area (Å²) in [7, 11) is 0. The highest BCUT2D eigenvalue weighted by atomic mass is 32.1. The van der Waals surface area contributed by atoms with Gasteiger partial charge in [0.05, 0.1) is 26.4 Å². The van der Waals surface area contributed by atoms with Gasteiger partial charge < -0.3 is 20.1 Å². The van der Waals surface area contributed by atoms with E-state index >= 15 is 0 Å². The van der Waals surface area contributed by atoms with E-state index in [0.29, 0.717) is 49.5 Å². The molecule has 0 spiro atoms. The van der Waals surface area contributed by atoms with Gasteiger partial charge >= 0.3 is 0 Å². The summed E-state index contributed by atoms with van der Waals surface area (Å²) in [4.78, 5) is 21.8. The fraction of sp³-hybridized carbons (Fsp3) is 0.571. The number of hydrogen-bond acceptors (Lipinski definition) is 10. The summed E-state index contributed by atoms with van der Waals surface area (Å²) in [5.74, 6) is -0.332. The number of rotatable bonds is 11. The van der Waals surface area contributed by atoms with Crippen LogP contribution < -0.4 is 10.6 Å². The molecular formula is C14H20N6O4S2. The van der Waals surface area contributed by atoms with Crippen molar-refractivity contribution in [3.8, 4) is 0 Å². The summed E-state index contributed by atoms with van der Waals surface area (Å²) < 4.78 is 11.0. The smallest absolute Gasteiger partial charge is 0.223 e. The summed E-state index contributed by atoms with van der Waals surface area (Å²) in [6.45, 7) is 4.83. The Kier molecular flexibility index (Phi) is 8.47. The maximum atomic E-state index is 10.9. The molecule has 0 aliphatic rings. The highest BCUT2D eigenvalue weighted by Gasteiger charge is 2.06. The molecule has 0 aromatic carbocycles. The molecule has 0 saturated heterocycles. The van der Waals surface area contributed by atoms with Gasteiger partial charge in [-0.1, -0.05) is 22.7 Å². The van der Waals surface area contributed by atoms with E-state index in [0.717, 1.165) is 10.0 Å². The van der Waals surface area contributed by atoms with E-state index in [1.807, 2.05) is 0 Å². The Morgan fingerprint density at radius 3 is 1.58 bits per heavy atom. The van der Waals surface area contributed by atoms with Crippen molar-refractivity contribution in [2.24, 2.45) is 0 Å². The van der Waals surface area contributed by atoms with Crippen LogP contribution in [0, 0.1) is 0 Å². The minimum Gasteiger partial charge on any atom is -0.379 e. The SMILES string of the molecule is CC(=O)Nc1nnc(CCOCCOCCc2nnc(NC(C)=O)s2)s1. The van der Waals surface area contributed by atoms with Crippen molar-refractivity contribution < 1.29 is 19.1 Å². The molecule has 142 valence electrons. The van der Waals surface area contributed by atoms with Gasteiger partial charge in [-0.15, -0.1) is 20.4 Å². The second kappa shape index (κ2) is 10.9. The van der Waals surface area contributed by atoms with E-state index in [1.165, 1.54) is 36.5 Å². The average molecular weight is 400 g/mol. The van der Waals surface area contributed by atoms with Gasteiger partial charge in [0.1, 0.15) is 10.0 Å². The minimum atomic E-state index is -0.166. The van der Waals surface area contributed by atoms with Crippen molar-refractivity contribution >= 4 is 44.8 Å². The van der Waals surface area contributed by atoms with Crippen molar-refractivity contribution in [2.45, 2.75) is 26.7 Å². The number of carbonyl (C=O) groups excluding carboxylic acids is 2. The first-order valence-corrected chi connectivity index (χ1v) is 9.51. The molecule has 2 heterocycles. The largest absolute Gasteiger partial charge is 0.379 e. The van der Waals surface area contributed by atoms with Gasteiger partial charge in [0.25, 0.3) is 0 Å². The number of aromatic nitrogens is 4. The van der Waals surface area contributed by atoms with Crippen LogP contribution in [0.25, 0.3) is 0 Å². The molecule has 0 aliphatic carbocycles. The maximum absolute atomic E-state index is 10.9. The van der Waals surface area contributed by atoms with Crippen LogP contribution in [-0.2, 0) is 31.9 Å². The fourth-order valence-corrected chi connectivity index (χ4v) is 3.29. The monoisotopic (exact) mass is 400 g/mol. The molecule has 2 amide bonds. The number of nitrogens with zero attached hydrogens (tertiary/aromatic N) is 4. The molecule has 0 saturated carbocycles. The molecule has 2 aromatic heterocycles. The molecule has 12 heteroatoms. The van der Waals surface area contributed by atoms with Gasteiger partial charge in [0.2, 0.25) is 22.1 Å². The van der Waals surface area contributed by atoms with Gasteiger partial charge in [0.15, 0.2) is 0 Å². The van der Waals surface area contributed by atoms with Crippen LogP contribution in [0.4, 0.5) is 10.3 Å². The normalized spacial score (nSPS) is 10.7. The summed E-state index contributed by atoms with van der Waals surface area (Å²) in [6.07, 6.45) is 1.27. The third kappa shape index (κ3) is 7.91. The summed E-state index contributed by atoms with van der Waals surface area (Å²) in [6, 6.07) is 0. The molecule has 0 fully saturated rings. The maximum Gasteiger partial charge on any atom is 0.223 e. The molecule has 2 aromatic rings. The lowest BCUT2D eigenvalue weighted by molar-refractivity contribution is -0.115. The van der Waals surface area contributed by atoms with E-state index in [4.69, 9.17) is 9.47 Å². The van der Waals surface area contributed by atoms with Crippen molar-refractivity contribution in [1.82, 2.24) is 20.4 Å². The Morgan fingerprint density at radius 1 is 0.769 bits per heavy atom. The Morgan fingerprint density at radius 2 is 1.19 bits per heavy atom. The number of nitrogens with one attached hydrogen (secondary N) is 2. The summed E-state index contributed by atoms with van der Waals surface area (Å²) >= 11 is 2.67. The molecular weight excluding hydrogens is 380 g/mol. The predicted molar refractivity (Wildman–Crippen MR) is 97.5 cm³/mol. The van der Waals surface area contributed by atoms with Crippen LogP contribution in [0.5, 0.6) is 0 Å². The molecule has 2 rings (SSSR count). The standard InChI is InChI=1S/C14H20N6O4S2/c1-9(21)15-13-19-17-11(25-13)3-5-23-7-8-24-6-4-12-18-20-14(26-12)16-10(2)22/h3-8H2,1-2H3,(H,15,19,21)(H,16,20,22). The first-order chi connectivity index (χ1) is 12.5. The highest BCUT2D eigenvalue weighted by Crippen LogP contribution is 2.16. The number of carbonyl (C=O) groups is 2. The van der Waals surface area contributed by atoms with E-state index in [1.54, 1.807) is 0 Å². The Bertz CT molecular complexity index is 660. The topological polar surface area (TPSA) is 128 Å². The number of amides is 2. The molecule has 0 unspecified atom stereocenters. The number of ether oxygens (including phenoxy) is 2. The van der Waals surface area contributed by atoms with Crippen molar-refractivity contribution in [2.75, 3.05) is 37.1 Å². The molecule has 0 bridgehead atoms. The van der Waals surface area contributed by atoms with Gasteiger partial charge in [-0.2, -0.15) is 0 Å². The van der Waals surface area contributed by atoms with Crippen LogP contribution in [-0.4, -0.2) is 58.6 Å². The third-order valence-electron chi connectivity index (χ3n) is 2.79. The Hall–Kier alpha value is -2.02. The number of hydrogen-bond donors (Lipinski definition) is 2. The predicted octanol–water partition coefficient (Wildman–Crippen LogP) is 1.12. The lowest BCUT2D eigenvalue weighted by Gasteiger charge is -2.03. The van der Waals surface area contributed by atoms with E-state index in [9.17, 15) is 9.59 Å². The van der Waals surface area contributed by atoms with Gasteiger partial charge in [-0.05, 0) is 0 Å². The lowest BCUT2D eigenvalue weighted by Crippen LogP contribution is -2.08. The molecule has 26 heavy (non-hydrogen) atoms. The molecule has 0 atom stereocenters. The first kappa shape index (κ1) is 20.3. The highest BCUT2D eigenvalue weighted by molar-refractivity contribution is 7.15. The third-order valence-corrected chi connectivity index (χ3v) is 4.59. The number of anilines is 2. The minimum absolute atomic E-state index is 0.166. The van der Waals surface area contributed by atoms with Crippen molar-refractivity contribution in [3.63, 3.8) is 0 Å². The van der Waals surface area contributed by atoms with Gasteiger partial charge in [-0.25, -0.2) is 0 Å². The van der Waals surface area contributed by atoms with Gasteiger partial charge in [0, 0.05) is 26.7 Å². The van der Waals surface area contributed by atoms with Crippen LogP contribution in [0.1, 0.15) is 23.9 Å². The Balaban J connectivity index is 1.49. The van der Waals surface area contributed by atoms with Gasteiger partial charge in [-0.3, -0.25) is 9.59 Å². The van der Waals surface area contributed by atoms with Crippen LogP contribution >= 0.6 is 22.7 Å². The fourth-order valence-electron chi connectivity index (χ4n) is 1.75. The summed E-state index contributed by atoms with van der Waals surface area (Å²) in [5, 5.41) is 23.5. The first-order valence-electron chi connectivity index (χ1n) is 7.88. The van der Waals surface area contributed by atoms with Crippen LogP contribution in [0.3, 0.4) is 0 Å². The molecule has 0 aliphatic heterocycles.